The smallest absolute Gasteiger partial charge is 0.243 e. The van der Waals surface area contributed by atoms with E-state index in [9.17, 15) is 9.59 Å². The summed E-state index contributed by atoms with van der Waals surface area (Å²) in [5.41, 5.74) is 2.87. The Morgan fingerprint density at radius 2 is 2.09 bits per heavy atom. The van der Waals surface area contributed by atoms with E-state index in [0.29, 0.717) is 11.7 Å². The Morgan fingerprint density at radius 3 is 2.85 bits per heavy atom. The number of aryl methyl sites for hydroxylation is 1. The standard InChI is InChI=1S/C23H27N5O3S2/c1-15-6-3-8-18(16(15)2)25-20(29)12-24-21(30)14-33-23-27-26-22(19-9-5-11-32-19)28(23)13-17-7-4-10-31-17/h3,5-6,8-9,11,17H,4,7,10,12-14H2,1-2H3,(H,24,30)(H,25,29). The summed E-state index contributed by atoms with van der Waals surface area (Å²) in [6.07, 6.45) is 2.18. The molecule has 3 heterocycles. The molecule has 1 aliphatic heterocycles. The maximum Gasteiger partial charge on any atom is 0.243 e. The molecule has 1 aromatic carbocycles. The van der Waals surface area contributed by atoms with E-state index >= 15 is 0 Å². The summed E-state index contributed by atoms with van der Waals surface area (Å²) < 4.78 is 7.84. The van der Waals surface area contributed by atoms with Crippen molar-refractivity contribution in [2.75, 3.05) is 24.2 Å². The third kappa shape index (κ3) is 6.01. The Kier molecular flexibility index (Phi) is 7.79. The van der Waals surface area contributed by atoms with E-state index < -0.39 is 0 Å². The number of carbonyl (C=O) groups excluding carboxylic acids is 2. The maximum atomic E-state index is 12.4. The molecule has 1 unspecified atom stereocenters. The molecule has 8 nitrogen and oxygen atoms in total. The third-order valence-corrected chi connectivity index (χ3v) is 7.36. The van der Waals surface area contributed by atoms with E-state index in [1.807, 2.05) is 54.1 Å². The van der Waals surface area contributed by atoms with Gasteiger partial charge in [0.2, 0.25) is 11.8 Å². The molecule has 0 spiro atoms. The highest BCUT2D eigenvalue weighted by atomic mass is 32.2. The van der Waals surface area contributed by atoms with Gasteiger partial charge in [-0.3, -0.25) is 14.2 Å². The monoisotopic (exact) mass is 485 g/mol. The molecule has 10 heteroatoms. The van der Waals surface area contributed by atoms with Crippen LogP contribution in [-0.2, 0) is 20.9 Å². The van der Waals surface area contributed by atoms with Crippen molar-refractivity contribution in [2.24, 2.45) is 0 Å². The Labute approximate surface area is 201 Å². The molecule has 0 bridgehead atoms. The van der Waals surface area contributed by atoms with Crippen LogP contribution in [-0.4, -0.2) is 51.6 Å². The molecule has 174 valence electrons. The highest BCUT2D eigenvalue weighted by Gasteiger charge is 2.22. The van der Waals surface area contributed by atoms with Gasteiger partial charge in [-0.05, 0) is 55.3 Å². The lowest BCUT2D eigenvalue weighted by Gasteiger charge is -2.14. The molecule has 4 rings (SSSR count). The summed E-state index contributed by atoms with van der Waals surface area (Å²) in [5, 5.41) is 16.9. The first-order valence-electron chi connectivity index (χ1n) is 10.9. The molecular weight excluding hydrogens is 458 g/mol. The second-order valence-electron chi connectivity index (χ2n) is 7.89. The van der Waals surface area contributed by atoms with Crippen LogP contribution in [0.2, 0.25) is 0 Å². The number of carbonyl (C=O) groups is 2. The van der Waals surface area contributed by atoms with Crippen molar-refractivity contribution in [3.05, 3.63) is 46.8 Å². The quantitative estimate of drug-likeness (QED) is 0.449. The summed E-state index contributed by atoms with van der Waals surface area (Å²) >= 11 is 2.91. The lowest BCUT2D eigenvalue weighted by Crippen LogP contribution is -2.34. The summed E-state index contributed by atoms with van der Waals surface area (Å²) in [6, 6.07) is 9.73. The molecule has 1 fully saturated rings. The van der Waals surface area contributed by atoms with E-state index in [-0.39, 0.29) is 30.2 Å². The average Bonchev–Trinajstić information content (AvgIpc) is 3.57. The molecule has 0 saturated carbocycles. The van der Waals surface area contributed by atoms with Crippen molar-refractivity contribution in [1.82, 2.24) is 20.1 Å². The predicted octanol–water partition coefficient (Wildman–Crippen LogP) is 3.65. The van der Waals surface area contributed by atoms with E-state index in [2.05, 4.69) is 20.8 Å². The Balaban J connectivity index is 1.33. The molecule has 2 N–H and O–H groups in total. The van der Waals surface area contributed by atoms with Crippen molar-refractivity contribution >= 4 is 40.6 Å². The van der Waals surface area contributed by atoms with Gasteiger partial charge in [-0.1, -0.05) is 30.0 Å². The van der Waals surface area contributed by atoms with Gasteiger partial charge in [0.25, 0.3) is 0 Å². The van der Waals surface area contributed by atoms with Crippen LogP contribution < -0.4 is 10.6 Å². The molecule has 1 aliphatic rings. The minimum atomic E-state index is -0.261. The number of anilines is 1. The van der Waals surface area contributed by atoms with Crippen molar-refractivity contribution in [3.63, 3.8) is 0 Å². The van der Waals surface area contributed by atoms with Crippen LogP contribution in [0.3, 0.4) is 0 Å². The number of thioether (sulfide) groups is 1. The molecule has 1 atom stereocenters. The molecule has 0 aliphatic carbocycles. The van der Waals surface area contributed by atoms with Gasteiger partial charge < -0.3 is 15.4 Å². The second kappa shape index (κ2) is 11.0. The number of amides is 2. The second-order valence-corrected chi connectivity index (χ2v) is 9.78. The van der Waals surface area contributed by atoms with Gasteiger partial charge >= 0.3 is 0 Å². The van der Waals surface area contributed by atoms with Gasteiger partial charge in [-0.2, -0.15) is 0 Å². The van der Waals surface area contributed by atoms with Crippen LogP contribution in [0.15, 0.2) is 40.9 Å². The van der Waals surface area contributed by atoms with Gasteiger partial charge in [0.15, 0.2) is 11.0 Å². The van der Waals surface area contributed by atoms with Gasteiger partial charge in [-0.15, -0.1) is 21.5 Å². The SMILES string of the molecule is Cc1cccc(NC(=O)CNC(=O)CSc2nnc(-c3cccs3)n2CC2CCCO2)c1C. The Hall–Kier alpha value is -2.69. The fraction of sp³-hybridized carbons (Fsp3) is 0.391. The molecule has 3 aromatic rings. The van der Waals surface area contributed by atoms with Crippen molar-refractivity contribution < 1.29 is 14.3 Å². The van der Waals surface area contributed by atoms with Crippen LogP contribution in [0, 0.1) is 13.8 Å². The van der Waals surface area contributed by atoms with Crippen LogP contribution in [0.4, 0.5) is 5.69 Å². The topological polar surface area (TPSA) is 98.1 Å². The van der Waals surface area contributed by atoms with E-state index in [0.717, 1.165) is 47.0 Å². The number of thiophene rings is 1. The lowest BCUT2D eigenvalue weighted by atomic mass is 10.1. The van der Waals surface area contributed by atoms with E-state index in [1.165, 1.54) is 11.8 Å². The van der Waals surface area contributed by atoms with E-state index in [1.54, 1.807) is 11.3 Å². The van der Waals surface area contributed by atoms with Gasteiger partial charge in [0.05, 0.1) is 29.8 Å². The highest BCUT2D eigenvalue weighted by Crippen LogP contribution is 2.29. The number of rotatable bonds is 9. The summed E-state index contributed by atoms with van der Waals surface area (Å²) in [4.78, 5) is 25.7. The van der Waals surface area contributed by atoms with Crippen LogP contribution in [0.25, 0.3) is 10.7 Å². The van der Waals surface area contributed by atoms with Crippen LogP contribution in [0.1, 0.15) is 24.0 Å². The molecule has 1 saturated heterocycles. The number of ether oxygens (including phenoxy) is 1. The Morgan fingerprint density at radius 1 is 1.21 bits per heavy atom. The zero-order chi connectivity index (χ0) is 23.2. The first kappa shape index (κ1) is 23.5. The van der Waals surface area contributed by atoms with Crippen LogP contribution >= 0.6 is 23.1 Å². The number of nitrogens with zero attached hydrogens (tertiary/aromatic N) is 3. The molecule has 0 radical (unpaired) electrons. The van der Waals surface area contributed by atoms with Crippen molar-refractivity contribution in [1.29, 1.82) is 0 Å². The predicted molar refractivity (Wildman–Crippen MR) is 131 cm³/mol. The van der Waals surface area contributed by atoms with Crippen molar-refractivity contribution in [2.45, 2.75) is 44.5 Å². The zero-order valence-electron chi connectivity index (χ0n) is 18.7. The van der Waals surface area contributed by atoms with E-state index in [4.69, 9.17) is 4.74 Å². The molecular formula is C23H27N5O3S2. The highest BCUT2D eigenvalue weighted by molar-refractivity contribution is 7.99. The van der Waals surface area contributed by atoms with Crippen molar-refractivity contribution in [3.8, 4) is 10.7 Å². The molecule has 33 heavy (non-hydrogen) atoms. The average molecular weight is 486 g/mol. The summed E-state index contributed by atoms with van der Waals surface area (Å²) in [5.74, 6) is 0.436. The summed E-state index contributed by atoms with van der Waals surface area (Å²) in [6.45, 7) is 5.29. The zero-order valence-corrected chi connectivity index (χ0v) is 20.3. The van der Waals surface area contributed by atoms with Gasteiger partial charge in [0, 0.05) is 12.3 Å². The molecule has 2 aromatic heterocycles. The minimum absolute atomic E-state index is 0.0875. The minimum Gasteiger partial charge on any atom is -0.376 e. The lowest BCUT2D eigenvalue weighted by molar-refractivity contribution is -0.122. The largest absolute Gasteiger partial charge is 0.376 e. The fourth-order valence-corrected chi connectivity index (χ4v) is 5.08. The maximum absolute atomic E-state index is 12.4. The van der Waals surface area contributed by atoms with Gasteiger partial charge in [-0.25, -0.2) is 0 Å². The van der Waals surface area contributed by atoms with Gasteiger partial charge in [0.1, 0.15) is 0 Å². The van der Waals surface area contributed by atoms with Crippen LogP contribution in [0.5, 0.6) is 0 Å². The number of nitrogens with one attached hydrogen (secondary N) is 2. The summed E-state index contributed by atoms with van der Waals surface area (Å²) in [7, 11) is 0. The molecule has 2 amide bonds. The first-order chi connectivity index (χ1) is 16.0. The first-order valence-corrected chi connectivity index (χ1v) is 12.7. The number of hydrogen-bond acceptors (Lipinski definition) is 7. The number of benzene rings is 1. The Bertz CT molecular complexity index is 1110. The fourth-order valence-electron chi connectivity index (χ4n) is 3.58. The number of hydrogen-bond donors (Lipinski definition) is 2. The normalized spacial score (nSPS) is 15.5. The third-order valence-electron chi connectivity index (χ3n) is 5.53. The number of aromatic nitrogens is 3.